The Morgan fingerprint density at radius 2 is 2.18 bits per heavy atom. The molecule has 0 aliphatic carbocycles. The molecule has 17 heavy (non-hydrogen) atoms. The molecule has 0 aliphatic rings. The van der Waals surface area contributed by atoms with Crippen molar-refractivity contribution in [3.8, 4) is 0 Å². The van der Waals surface area contributed by atoms with Gasteiger partial charge in [0.25, 0.3) is 0 Å². The van der Waals surface area contributed by atoms with Gasteiger partial charge in [0.2, 0.25) is 5.91 Å². The maximum atomic E-state index is 11.5. The van der Waals surface area contributed by atoms with Crippen molar-refractivity contribution < 1.29 is 14.7 Å². The topological polar surface area (TPSA) is 82.1 Å². The van der Waals surface area contributed by atoms with Gasteiger partial charge in [-0.2, -0.15) is 0 Å². The van der Waals surface area contributed by atoms with Crippen LogP contribution in [0, 0.1) is 5.92 Å². The Hall–Kier alpha value is -1.91. The minimum Gasteiger partial charge on any atom is -0.550 e. The van der Waals surface area contributed by atoms with Crippen LogP contribution in [0.2, 0.25) is 0 Å². The van der Waals surface area contributed by atoms with E-state index in [1.54, 1.807) is 19.2 Å². The van der Waals surface area contributed by atoms with Crippen molar-refractivity contribution in [2.45, 2.75) is 26.3 Å². The quantitative estimate of drug-likeness (QED) is 0.744. The van der Waals surface area contributed by atoms with E-state index in [1.807, 2.05) is 12.1 Å². The lowest BCUT2D eigenvalue weighted by Gasteiger charge is -2.11. The van der Waals surface area contributed by atoms with E-state index < -0.39 is 5.97 Å². The van der Waals surface area contributed by atoms with Crippen LogP contribution in [0.5, 0.6) is 0 Å². The molecule has 1 aromatic rings. The van der Waals surface area contributed by atoms with Crippen LogP contribution in [0.15, 0.2) is 24.4 Å². The molecule has 1 N–H and O–H groups in total. The SMILES string of the molecule is C[C@@H](CC(=O)[O-])CC(=O)NCc1ccccn1. The van der Waals surface area contributed by atoms with Gasteiger partial charge in [-0.15, -0.1) is 0 Å². The summed E-state index contributed by atoms with van der Waals surface area (Å²) in [5, 5.41) is 13.0. The number of aromatic nitrogens is 1. The second kappa shape index (κ2) is 6.62. The Bertz CT molecular complexity index is 379. The zero-order valence-electron chi connectivity index (χ0n) is 9.68. The molecular formula is C12H15N2O3-. The predicted molar refractivity (Wildman–Crippen MR) is 59.5 cm³/mol. The molecule has 5 nitrogen and oxygen atoms in total. The first-order chi connectivity index (χ1) is 8.08. The van der Waals surface area contributed by atoms with Gasteiger partial charge in [0.1, 0.15) is 0 Å². The molecule has 1 amide bonds. The first-order valence-electron chi connectivity index (χ1n) is 5.44. The van der Waals surface area contributed by atoms with E-state index in [4.69, 9.17) is 0 Å². The number of nitrogens with zero attached hydrogens (tertiary/aromatic N) is 1. The molecule has 0 bridgehead atoms. The van der Waals surface area contributed by atoms with Gasteiger partial charge in [-0.05, 0) is 24.5 Å². The molecule has 92 valence electrons. The second-order valence-electron chi connectivity index (χ2n) is 3.98. The van der Waals surface area contributed by atoms with Crippen molar-refractivity contribution in [1.82, 2.24) is 10.3 Å². The van der Waals surface area contributed by atoms with Crippen molar-refractivity contribution in [3.63, 3.8) is 0 Å². The molecule has 1 aromatic heterocycles. The first-order valence-corrected chi connectivity index (χ1v) is 5.44. The number of aliphatic carboxylic acids is 1. The number of amides is 1. The average molecular weight is 235 g/mol. The molecule has 5 heteroatoms. The Kier molecular flexibility index (Phi) is 5.13. The van der Waals surface area contributed by atoms with Gasteiger partial charge in [0.05, 0.1) is 12.2 Å². The number of carbonyl (C=O) groups excluding carboxylic acids is 2. The largest absolute Gasteiger partial charge is 0.550 e. The van der Waals surface area contributed by atoms with Gasteiger partial charge in [0.15, 0.2) is 0 Å². The molecule has 1 atom stereocenters. The Morgan fingerprint density at radius 1 is 1.41 bits per heavy atom. The Labute approximate surface area is 99.9 Å². The van der Waals surface area contributed by atoms with Gasteiger partial charge >= 0.3 is 0 Å². The summed E-state index contributed by atoms with van der Waals surface area (Å²) in [6, 6.07) is 5.45. The third kappa shape index (κ3) is 5.65. The fraction of sp³-hybridized carbons (Fsp3) is 0.417. The van der Waals surface area contributed by atoms with Crippen molar-refractivity contribution in [1.29, 1.82) is 0 Å². The van der Waals surface area contributed by atoms with Crippen LogP contribution >= 0.6 is 0 Å². The summed E-state index contributed by atoms with van der Waals surface area (Å²) in [7, 11) is 0. The molecule has 0 spiro atoms. The predicted octanol–water partition coefficient (Wildman–Crippen LogP) is -0.136. The number of carboxylic acid groups (broad SMARTS) is 1. The number of pyridine rings is 1. The van der Waals surface area contributed by atoms with Gasteiger partial charge < -0.3 is 15.2 Å². The molecule has 0 saturated carbocycles. The van der Waals surface area contributed by atoms with Crippen LogP contribution in [-0.2, 0) is 16.1 Å². The standard InChI is InChI=1S/C12H16N2O3/c1-9(7-12(16)17)6-11(15)14-8-10-4-2-3-5-13-10/h2-5,9H,6-8H2,1H3,(H,14,15)(H,16,17)/p-1/t9-/m1/s1. The maximum absolute atomic E-state index is 11.5. The number of carboxylic acids is 1. The molecule has 0 radical (unpaired) electrons. The highest BCUT2D eigenvalue weighted by Crippen LogP contribution is 2.06. The van der Waals surface area contributed by atoms with Gasteiger partial charge in [-0.3, -0.25) is 9.78 Å². The normalized spacial score (nSPS) is 11.8. The molecule has 1 heterocycles. The minimum atomic E-state index is -1.13. The second-order valence-corrected chi connectivity index (χ2v) is 3.98. The zero-order valence-corrected chi connectivity index (χ0v) is 9.68. The lowest BCUT2D eigenvalue weighted by molar-refractivity contribution is -0.306. The van der Waals surface area contributed by atoms with Crippen molar-refractivity contribution in [3.05, 3.63) is 30.1 Å². The van der Waals surface area contributed by atoms with Crippen LogP contribution in [0.3, 0.4) is 0 Å². The summed E-state index contributed by atoms with van der Waals surface area (Å²) in [5.74, 6) is -1.52. The highest BCUT2D eigenvalue weighted by molar-refractivity contribution is 5.76. The fourth-order valence-corrected chi connectivity index (χ4v) is 1.44. The van der Waals surface area contributed by atoms with Gasteiger partial charge in [-0.25, -0.2) is 0 Å². The summed E-state index contributed by atoms with van der Waals surface area (Å²) < 4.78 is 0. The number of carbonyl (C=O) groups is 2. The van der Waals surface area contributed by atoms with Crippen LogP contribution < -0.4 is 10.4 Å². The average Bonchev–Trinajstić information content (AvgIpc) is 2.26. The molecule has 0 aliphatic heterocycles. The first kappa shape index (κ1) is 13.2. The van der Waals surface area contributed by atoms with Crippen molar-refractivity contribution in [2.75, 3.05) is 0 Å². The highest BCUT2D eigenvalue weighted by Gasteiger charge is 2.09. The van der Waals surface area contributed by atoms with E-state index >= 15 is 0 Å². The summed E-state index contributed by atoms with van der Waals surface area (Å²) in [4.78, 5) is 25.8. The Morgan fingerprint density at radius 3 is 2.76 bits per heavy atom. The number of hydrogen-bond donors (Lipinski definition) is 1. The Balaban J connectivity index is 2.28. The third-order valence-electron chi connectivity index (χ3n) is 2.24. The fourth-order valence-electron chi connectivity index (χ4n) is 1.44. The summed E-state index contributed by atoms with van der Waals surface area (Å²) in [5.41, 5.74) is 0.772. The van der Waals surface area contributed by atoms with Crippen molar-refractivity contribution in [2.24, 2.45) is 5.92 Å². The minimum absolute atomic E-state index is 0.100. The van der Waals surface area contributed by atoms with E-state index in [0.717, 1.165) is 5.69 Å². The third-order valence-corrected chi connectivity index (χ3v) is 2.24. The molecular weight excluding hydrogens is 220 g/mol. The van der Waals surface area contributed by atoms with E-state index in [-0.39, 0.29) is 24.7 Å². The maximum Gasteiger partial charge on any atom is 0.220 e. The van der Waals surface area contributed by atoms with E-state index in [9.17, 15) is 14.7 Å². The lowest BCUT2D eigenvalue weighted by atomic mass is 10.0. The zero-order chi connectivity index (χ0) is 12.7. The van der Waals surface area contributed by atoms with E-state index in [2.05, 4.69) is 10.3 Å². The van der Waals surface area contributed by atoms with Crippen LogP contribution in [0.4, 0.5) is 0 Å². The summed E-state index contributed by atoms with van der Waals surface area (Å²) >= 11 is 0. The summed E-state index contributed by atoms with van der Waals surface area (Å²) in [6.07, 6.45) is 1.73. The van der Waals surface area contributed by atoms with Crippen molar-refractivity contribution >= 4 is 11.9 Å². The number of rotatable bonds is 6. The molecule has 0 saturated heterocycles. The lowest BCUT2D eigenvalue weighted by Crippen LogP contribution is -2.28. The number of hydrogen-bond acceptors (Lipinski definition) is 4. The molecule has 1 rings (SSSR count). The summed E-state index contributed by atoms with van der Waals surface area (Å²) in [6.45, 7) is 2.06. The van der Waals surface area contributed by atoms with Crippen LogP contribution in [0.1, 0.15) is 25.5 Å². The monoisotopic (exact) mass is 235 g/mol. The van der Waals surface area contributed by atoms with Crippen LogP contribution in [-0.4, -0.2) is 16.9 Å². The highest BCUT2D eigenvalue weighted by atomic mass is 16.4. The van der Waals surface area contributed by atoms with E-state index in [0.29, 0.717) is 6.54 Å². The molecule has 0 fully saturated rings. The number of nitrogens with one attached hydrogen (secondary N) is 1. The van der Waals surface area contributed by atoms with Gasteiger partial charge in [-0.1, -0.05) is 13.0 Å². The smallest absolute Gasteiger partial charge is 0.220 e. The van der Waals surface area contributed by atoms with E-state index in [1.165, 1.54) is 0 Å². The molecule has 0 aromatic carbocycles. The van der Waals surface area contributed by atoms with Crippen LogP contribution in [0.25, 0.3) is 0 Å². The molecule has 0 unspecified atom stereocenters. The van der Waals surface area contributed by atoms with Gasteiger partial charge in [0, 0.05) is 18.6 Å².